The third kappa shape index (κ3) is 3.19. The van der Waals surface area contributed by atoms with E-state index in [4.69, 9.17) is 5.11 Å². The topological polar surface area (TPSA) is 43.8 Å². The van der Waals surface area contributed by atoms with E-state index in [-0.39, 0.29) is 6.54 Å². The van der Waals surface area contributed by atoms with Gasteiger partial charge in [-0.25, -0.2) is 0 Å². The monoisotopic (exact) mass is 240 g/mol. The second-order valence-corrected chi connectivity index (χ2v) is 5.68. The number of likely N-dealkylation sites (N-methyl/N-ethyl adjacent to an activating group) is 1. The fourth-order valence-electron chi connectivity index (χ4n) is 3.16. The van der Waals surface area contributed by atoms with Gasteiger partial charge in [0.05, 0.1) is 6.54 Å². The summed E-state index contributed by atoms with van der Waals surface area (Å²) in [5.41, 5.74) is 0. The third-order valence-corrected chi connectivity index (χ3v) is 4.12. The van der Waals surface area contributed by atoms with Crippen molar-refractivity contribution in [1.82, 2.24) is 9.80 Å². The number of carbonyl (C=O) groups is 1. The number of nitrogens with zero attached hydrogens (tertiary/aromatic N) is 2. The van der Waals surface area contributed by atoms with Crippen LogP contribution in [0.3, 0.4) is 0 Å². The molecule has 4 heteroatoms. The predicted octanol–water partition coefficient (Wildman–Crippen LogP) is 1.41. The summed E-state index contributed by atoms with van der Waals surface area (Å²) in [4.78, 5) is 15.5. The third-order valence-electron chi connectivity index (χ3n) is 4.12. The van der Waals surface area contributed by atoms with Crippen molar-refractivity contribution in [3.63, 3.8) is 0 Å². The zero-order chi connectivity index (χ0) is 12.4. The van der Waals surface area contributed by atoms with Gasteiger partial charge in [0.25, 0.3) is 0 Å². The number of hydrogen-bond acceptors (Lipinski definition) is 3. The van der Waals surface area contributed by atoms with Crippen LogP contribution in [-0.4, -0.2) is 59.6 Å². The van der Waals surface area contributed by atoms with Gasteiger partial charge in [-0.1, -0.05) is 12.8 Å². The Bertz CT molecular complexity index is 277. The van der Waals surface area contributed by atoms with Crippen molar-refractivity contribution in [3.05, 3.63) is 0 Å². The molecule has 0 spiro atoms. The Morgan fingerprint density at radius 2 is 1.71 bits per heavy atom. The maximum Gasteiger partial charge on any atom is 0.317 e. The molecular formula is C13H24N2O2. The molecule has 0 aromatic heterocycles. The minimum absolute atomic E-state index is 0.222. The van der Waals surface area contributed by atoms with E-state index in [0.29, 0.717) is 18.1 Å². The maximum absolute atomic E-state index is 11.0. The smallest absolute Gasteiger partial charge is 0.317 e. The van der Waals surface area contributed by atoms with Gasteiger partial charge in [-0.05, 0) is 39.8 Å². The number of hydrogen-bond donors (Lipinski definition) is 1. The fourth-order valence-corrected chi connectivity index (χ4v) is 3.16. The van der Waals surface area contributed by atoms with Gasteiger partial charge in [0, 0.05) is 18.1 Å². The number of carboxylic acids is 1. The first-order valence-corrected chi connectivity index (χ1v) is 6.73. The Morgan fingerprint density at radius 1 is 1.12 bits per heavy atom. The predicted molar refractivity (Wildman–Crippen MR) is 67.1 cm³/mol. The molecule has 2 aliphatic rings. The SMILES string of the molecule is CN(C)[C@@H]1CCCC[C@H]1N(CC(=O)O)C1CC1. The molecule has 0 radical (unpaired) electrons. The quantitative estimate of drug-likeness (QED) is 0.789. The van der Waals surface area contributed by atoms with Crippen LogP contribution in [0.1, 0.15) is 38.5 Å². The molecule has 0 unspecified atom stereocenters. The van der Waals surface area contributed by atoms with E-state index in [2.05, 4.69) is 23.9 Å². The van der Waals surface area contributed by atoms with Crippen molar-refractivity contribution in [2.75, 3.05) is 20.6 Å². The minimum atomic E-state index is -0.681. The molecule has 0 heterocycles. The highest BCUT2D eigenvalue weighted by Crippen LogP contribution is 2.34. The standard InChI is InChI=1S/C13H24N2O2/c1-14(2)11-5-3-4-6-12(11)15(9-13(16)17)10-7-8-10/h10-12H,3-9H2,1-2H3,(H,16,17)/t11-,12-/m1/s1. The Kier molecular flexibility index (Phi) is 4.05. The van der Waals surface area contributed by atoms with E-state index in [1.54, 1.807) is 0 Å². The van der Waals surface area contributed by atoms with Gasteiger partial charge in [0.2, 0.25) is 0 Å². The highest BCUT2D eigenvalue weighted by atomic mass is 16.4. The molecule has 2 rings (SSSR count). The molecule has 0 aromatic rings. The Labute approximate surface area is 104 Å². The van der Waals surface area contributed by atoms with Crippen LogP contribution in [-0.2, 0) is 4.79 Å². The van der Waals surface area contributed by atoms with E-state index < -0.39 is 5.97 Å². The summed E-state index contributed by atoms with van der Waals surface area (Å²) in [5.74, 6) is -0.681. The van der Waals surface area contributed by atoms with Crippen molar-refractivity contribution in [1.29, 1.82) is 0 Å². The minimum Gasteiger partial charge on any atom is -0.480 e. The van der Waals surface area contributed by atoms with Gasteiger partial charge in [-0.3, -0.25) is 9.69 Å². The average Bonchev–Trinajstić information content (AvgIpc) is 3.09. The molecule has 2 aliphatic carbocycles. The summed E-state index contributed by atoms with van der Waals surface area (Å²) in [6, 6.07) is 1.52. The van der Waals surface area contributed by atoms with Crippen molar-refractivity contribution in [2.45, 2.75) is 56.7 Å². The highest BCUT2D eigenvalue weighted by Gasteiger charge is 2.39. The second kappa shape index (κ2) is 5.36. The second-order valence-electron chi connectivity index (χ2n) is 5.68. The molecule has 0 amide bonds. The van der Waals surface area contributed by atoms with Crippen molar-refractivity contribution in [2.24, 2.45) is 0 Å². The van der Waals surface area contributed by atoms with Crippen molar-refractivity contribution < 1.29 is 9.90 Å². The highest BCUT2D eigenvalue weighted by molar-refractivity contribution is 5.69. The van der Waals surface area contributed by atoms with Crippen LogP contribution in [0.5, 0.6) is 0 Å². The zero-order valence-corrected chi connectivity index (χ0v) is 10.9. The summed E-state index contributed by atoms with van der Waals surface area (Å²) < 4.78 is 0. The summed E-state index contributed by atoms with van der Waals surface area (Å²) in [5, 5.41) is 9.06. The van der Waals surface area contributed by atoms with Crippen LogP contribution < -0.4 is 0 Å². The normalized spacial score (nSPS) is 29.9. The molecule has 98 valence electrons. The molecule has 17 heavy (non-hydrogen) atoms. The lowest BCUT2D eigenvalue weighted by atomic mass is 9.88. The molecule has 4 nitrogen and oxygen atoms in total. The molecule has 0 aromatic carbocycles. The van der Waals surface area contributed by atoms with Crippen LogP contribution >= 0.6 is 0 Å². The number of rotatable bonds is 5. The molecule has 0 bridgehead atoms. The first-order valence-electron chi connectivity index (χ1n) is 6.73. The largest absolute Gasteiger partial charge is 0.480 e. The van der Waals surface area contributed by atoms with Gasteiger partial charge < -0.3 is 10.0 Å². The first-order chi connectivity index (χ1) is 8.09. The van der Waals surface area contributed by atoms with Gasteiger partial charge in [0.1, 0.15) is 0 Å². The van der Waals surface area contributed by atoms with E-state index in [9.17, 15) is 4.79 Å². The average molecular weight is 240 g/mol. The maximum atomic E-state index is 11.0. The van der Waals surface area contributed by atoms with E-state index in [1.165, 1.54) is 32.1 Å². The molecule has 0 saturated heterocycles. The lowest BCUT2D eigenvalue weighted by Crippen LogP contribution is -2.53. The zero-order valence-electron chi connectivity index (χ0n) is 10.9. The first kappa shape index (κ1) is 12.8. The summed E-state index contributed by atoms with van der Waals surface area (Å²) in [7, 11) is 4.24. The van der Waals surface area contributed by atoms with E-state index in [0.717, 1.165) is 6.42 Å². The molecule has 0 aliphatic heterocycles. The van der Waals surface area contributed by atoms with Crippen LogP contribution in [0.2, 0.25) is 0 Å². The summed E-state index contributed by atoms with van der Waals surface area (Å²) in [6.07, 6.45) is 7.27. The van der Waals surface area contributed by atoms with Crippen LogP contribution in [0.25, 0.3) is 0 Å². The Balaban J connectivity index is 2.06. The number of carboxylic acid groups (broad SMARTS) is 1. The lowest BCUT2D eigenvalue weighted by molar-refractivity contribution is -0.139. The molecule has 1 N–H and O–H groups in total. The van der Waals surface area contributed by atoms with Crippen LogP contribution in [0.15, 0.2) is 0 Å². The number of aliphatic carboxylic acids is 1. The summed E-state index contributed by atoms with van der Waals surface area (Å²) >= 11 is 0. The van der Waals surface area contributed by atoms with Gasteiger partial charge in [-0.2, -0.15) is 0 Å². The van der Waals surface area contributed by atoms with Crippen molar-refractivity contribution in [3.8, 4) is 0 Å². The Morgan fingerprint density at radius 3 is 2.18 bits per heavy atom. The van der Waals surface area contributed by atoms with E-state index in [1.807, 2.05) is 0 Å². The fraction of sp³-hybridized carbons (Fsp3) is 0.923. The van der Waals surface area contributed by atoms with Gasteiger partial charge in [-0.15, -0.1) is 0 Å². The molecule has 2 fully saturated rings. The van der Waals surface area contributed by atoms with Crippen LogP contribution in [0.4, 0.5) is 0 Å². The van der Waals surface area contributed by atoms with Crippen LogP contribution in [0, 0.1) is 0 Å². The lowest BCUT2D eigenvalue weighted by Gasteiger charge is -2.42. The van der Waals surface area contributed by atoms with Crippen molar-refractivity contribution >= 4 is 5.97 Å². The molecule has 2 saturated carbocycles. The van der Waals surface area contributed by atoms with E-state index >= 15 is 0 Å². The Hall–Kier alpha value is -0.610. The summed E-state index contributed by atoms with van der Waals surface area (Å²) in [6.45, 7) is 0.222. The molecular weight excluding hydrogens is 216 g/mol. The molecule has 2 atom stereocenters. The van der Waals surface area contributed by atoms with Gasteiger partial charge in [0.15, 0.2) is 0 Å². The van der Waals surface area contributed by atoms with Gasteiger partial charge >= 0.3 is 5.97 Å².